The van der Waals surface area contributed by atoms with Gasteiger partial charge in [0.05, 0.1) is 6.61 Å². The lowest BCUT2D eigenvalue weighted by Gasteiger charge is -2.12. The molecule has 0 unspecified atom stereocenters. The summed E-state index contributed by atoms with van der Waals surface area (Å²) in [7, 11) is 0. The highest BCUT2D eigenvalue weighted by atomic mass is 35.5. The molecule has 0 atom stereocenters. The Balaban J connectivity index is 1.85. The first-order valence-corrected chi connectivity index (χ1v) is 7.88. The SMILES string of the molecule is CCOc1ccccc1OCCOc1ccc(Cl)c(CC)c1. The quantitative estimate of drug-likeness (QED) is 0.656. The van der Waals surface area contributed by atoms with E-state index < -0.39 is 0 Å². The van der Waals surface area contributed by atoms with Crippen molar-refractivity contribution in [2.24, 2.45) is 0 Å². The van der Waals surface area contributed by atoms with Crippen molar-refractivity contribution in [1.29, 1.82) is 0 Å². The molecule has 0 radical (unpaired) electrons. The third-order valence-electron chi connectivity index (χ3n) is 3.16. The van der Waals surface area contributed by atoms with Gasteiger partial charge in [-0.25, -0.2) is 0 Å². The van der Waals surface area contributed by atoms with Gasteiger partial charge < -0.3 is 14.2 Å². The number of benzene rings is 2. The Bertz CT molecular complexity index is 599. The summed E-state index contributed by atoms with van der Waals surface area (Å²) < 4.78 is 16.9. The van der Waals surface area contributed by atoms with E-state index in [1.54, 1.807) is 0 Å². The van der Waals surface area contributed by atoms with E-state index >= 15 is 0 Å². The van der Waals surface area contributed by atoms with Gasteiger partial charge in [0.25, 0.3) is 0 Å². The van der Waals surface area contributed by atoms with Gasteiger partial charge in [-0.15, -0.1) is 0 Å². The molecule has 2 aromatic rings. The largest absolute Gasteiger partial charge is 0.490 e. The molecule has 0 fully saturated rings. The van der Waals surface area contributed by atoms with Crippen molar-refractivity contribution in [3.63, 3.8) is 0 Å². The Morgan fingerprint density at radius 3 is 2.23 bits per heavy atom. The average Bonchev–Trinajstić information content (AvgIpc) is 2.54. The molecule has 4 heteroatoms. The van der Waals surface area contributed by atoms with Crippen LogP contribution in [0.3, 0.4) is 0 Å². The summed E-state index contributed by atoms with van der Waals surface area (Å²) in [4.78, 5) is 0. The van der Waals surface area contributed by atoms with E-state index in [0.717, 1.165) is 34.3 Å². The number of hydrogen-bond donors (Lipinski definition) is 0. The van der Waals surface area contributed by atoms with Crippen molar-refractivity contribution in [3.05, 3.63) is 53.1 Å². The fraction of sp³-hybridized carbons (Fsp3) is 0.333. The summed E-state index contributed by atoms with van der Waals surface area (Å²) in [6.45, 7) is 5.55. The van der Waals surface area contributed by atoms with Gasteiger partial charge in [0.2, 0.25) is 0 Å². The van der Waals surface area contributed by atoms with Gasteiger partial charge >= 0.3 is 0 Å². The zero-order valence-corrected chi connectivity index (χ0v) is 13.7. The molecular formula is C18H21ClO3. The van der Waals surface area contributed by atoms with Gasteiger partial charge in [-0.05, 0) is 49.2 Å². The summed E-state index contributed by atoms with van der Waals surface area (Å²) in [5.74, 6) is 2.30. The first-order valence-electron chi connectivity index (χ1n) is 7.50. The summed E-state index contributed by atoms with van der Waals surface area (Å²) in [6.07, 6.45) is 0.883. The van der Waals surface area contributed by atoms with Crippen LogP contribution in [0, 0.1) is 0 Å². The van der Waals surface area contributed by atoms with Crippen molar-refractivity contribution in [3.8, 4) is 17.2 Å². The number of aryl methyl sites for hydroxylation is 1. The van der Waals surface area contributed by atoms with Crippen LogP contribution in [0.5, 0.6) is 17.2 Å². The van der Waals surface area contributed by atoms with Gasteiger partial charge in [0.15, 0.2) is 11.5 Å². The van der Waals surface area contributed by atoms with E-state index in [2.05, 4.69) is 6.92 Å². The molecule has 0 aliphatic carbocycles. The minimum atomic E-state index is 0.453. The smallest absolute Gasteiger partial charge is 0.161 e. The Morgan fingerprint density at radius 2 is 1.55 bits per heavy atom. The molecule has 3 nitrogen and oxygen atoms in total. The van der Waals surface area contributed by atoms with Crippen LogP contribution in [0.4, 0.5) is 0 Å². The second-order valence-electron chi connectivity index (χ2n) is 4.68. The van der Waals surface area contributed by atoms with Crippen molar-refractivity contribution < 1.29 is 14.2 Å². The number of rotatable bonds is 8. The van der Waals surface area contributed by atoms with Crippen molar-refractivity contribution in [2.45, 2.75) is 20.3 Å². The summed E-state index contributed by atoms with van der Waals surface area (Å²) >= 11 is 6.09. The second kappa shape index (κ2) is 8.54. The predicted molar refractivity (Wildman–Crippen MR) is 89.4 cm³/mol. The number of ether oxygens (including phenoxy) is 3. The Hall–Kier alpha value is -1.87. The van der Waals surface area contributed by atoms with Crippen LogP contribution in [0.25, 0.3) is 0 Å². The number of halogens is 1. The van der Waals surface area contributed by atoms with Crippen LogP contribution in [0.1, 0.15) is 19.4 Å². The molecule has 0 bridgehead atoms. The van der Waals surface area contributed by atoms with E-state index in [4.69, 9.17) is 25.8 Å². The lowest BCUT2D eigenvalue weighted by atomic mass is 10.1. The van der Waals surface area contributed by atoms with Crippen LogP contribution >= 0.6 is 11.6 Å². The molecule has 0 N–H and O–H groups in total. The highest BCUT2D eigenvalue weighted by Crippen LogP contribution is 2.26. The van der Waals surface area contributed by atoms with Crippen LogP contribution < -0.4 is 14.2 Å². The van der Waals surface area contributed by atoms with Crippen LogP contribution in [-0.4, -0.2) is 19.8 Å². The van der Waals surface area contributed by atoms with E-state index in [1.807, 2.05) is 49.4 Å². The maximum Gasteiger partial charge on any atom is 0.161 e. The molecule has 2 aromatic carbocycles. The Morgan fingerprint density at radius 1 is 0.864 bits per heavy atom. The molecule has 0 aliphatic rings. The predicted octanol–water partition coefficient (Wildman–Crippen LogP) is 4.76. The highest BCUT2D eigenvalue weighted by molar-refractivity contribution is 6.31. The lowest BCUT2D eigenvalue weighted by molar-refractivity contribution is 0.208. The third kappa shape index (κ3) is 4.57. The van der Waals surface area contributed by atoms with Crippen LogP contribution in [0.2, 0.25) is 5.02 Å². The first-order chi connectivity index (χ1) is 10.7. The molecule has 0 spiro atoms. The maximum absolute atomic E-state index is 6.09. The van der Waals surface area contributed by atoms with Crippen molar-refractivity contribution in [2.75, 3.05) is 19.8 Å². The molecule has 0 saturated carbocycles. The number of para-hydroxylation sites is 2. The summed E-state index contributed by atoms with van der Waals surface area (Å²) in [5, 5.41) is 0.775. The van der Waals surface area contributed by atoms with E-state index in [0.29, 0.717) is 19.8 Å². The van der Waals surface area contributed by atoms with Crippen LogP contribution in [-0.2, 0) is 6.42 Å². The fourth-order valence-corrected chi connectivity index (χ4v) is 2.32. The number of hydrogen-bond acceptors (Lipinski definition) is 3. The van der Waals surface area contributed by atoms with Gasteiger partial charge in [-0.2, -0.15) is 0 Å². The van der Waals surface area contributed by atoms with Gasteiger partial charge in [0, 0.05) is 5.02 Å². The van der Waals surface area contributed by atoms with E-state index in [-0.39, 0.29) is 0 Å². The topological polar surface area (TPSA) is 27.7 Å². The van der Waals surface area contributed by atoms with Gasteiger partial charge in [-0.3, -0.25) is 0 Å². The molecule has 0 aromatic heterocycles. The zero-order valence-electron chi connectivity index (χ0n) is 13.0. The monoisotopic (exact) mass is 320 g/mol. The molecular weight excluding hydrogens is 300 g/mol. The zero-order chi connectivity index (χ0) is 15.8. The summed E-state index contributed by atoms with van der Waals surface area (Å²) in [5.41, 5.74) is 1.08. The third-order valence-corrected chi connectivity index (χ3v) is 3.53. The average molecular weight is 321 g/mol. The van der Waals surface area contributed by atoms with Crippen molar-refractivity contribution >= 4 is 11.6 Å². The van der Waals surface area contributed by atoms with E-state index in [1.165, 1.54) is 0 Å². The fourth-order valence-electron chi connectivity index (χ4n) is 2.07. The second-order valence-corrected chi connectivity index (χ2v) is 5.09. The molecule has 118 valence electrons. The van der Waals surface area contributed by atoms with Gasteiger partial charge in [-0.1, -0.05) is 30.7 Å². The lowest BCUT2D eigenvalue weighted by Crippen LogP contribution is -2.10. The first kappa shape index (κ1) is 16.5. The van der Waals surface area contributed by atoms with E-state index in [9.17, 15) is 0 Å². The normalized spacial score (nSPS) is 10.3. The van der Waals surface area contributed by atoms with Crippen molar-refractivity contribution in [1.82, 2.24) is 0 Å². The minimum Gasteiger partial charge on any atom is -0.490 e. The van der Waals surface area contributed by atoms with Gasteiger partial charge in [0.1, 0.15) is 19.0 Å². The molecule has 0 amide bonds. The Labute approximate surface area is 136 Å². The minimum absolute atomic E-state index is 0.453. The molecule has 22 heavy (non-hydrogen) atoms. The molecule has 2 rings (SSSR count). The highest BCUT2D eigenvalue weighted by Gasteiger charge is 2.04. The Kier molecular flexibility index (Phi) is 6.41. The summed E-state index contributed by atoms with van der Waals surface area (Å²) in [6, 6.07) is 13.3. The molecule has 0 heterocycles. The molecule has 0 saturated heterocycles. The van der Waals surface area contributed by atoms with Crippen LogP contribution in [0.15, 0.2) is 42.5 Å². The molecule has 0 aliphatic heterocycles. The maximum atomic E-state index is 6.09. The standard InChI is InChI=1S/C18H21ClO3/c1-3-14-13-15(9-10-16(14)19)21-11-12-22-18-8-6-5-7-17(18)20-4-2/h5-10,13H,3-4,11-12H2,1-2H3.